The summed E-state index contributed by atoms with van der Waals surface area (Å²) < 4.78 is 10.7. The van der Waals surface area contributed by atoms with Gasteiger partial charge in [-0.15, -0.1) is 0 Å². The van der Waals surface area contributed by atoms with Crippen LogP contribution in [0.5, 0.6) is 11.5 Å². The Kier molecular flexibility index (Phi) is 7.33. The molecule has 3 rings (SSSR count). The molecule has 2 aromatic heterocycles. The van der Waals surface area contributed by atoms with E-state index in [4.69, 9.17) is 26.8 Å². The van der Waals surface area contributed by atoms with Gasteiger partial charge in [0.05, 0.1) is 32.7 Å². The zero-order valence-corrected chi connectivity index (χ0v) is 19.1. The highest BCUT2D eigenvalue weighted by Gasteiger charge is 2.32. The molecule has 0 spiro atoms. The van der Waals surface area contributed by atoms with Crippen LogP contribution in [-0.2, 0) is 6.54 Å². The van der Waals surface area contributed by atoms with Gasteiger partial charge in [-0.25, -0.2) is 4.98 Å². The largest absolute Gasteiger partial charge is 0.493 e. The van der Waals surface area contributed by atoms with Gasteiger partial charge in [-0.1, -0.05) is 37.9 Å². The maximum Gasteiger partial charge on any atom is 0.223 e. The number of hydrogen-bond acceptors (Lipinski definition) is 8. The van der Waals surface area contributed by atoms with Crippen LogP contribution in [0.25, 0.3) is 0 Å². The summed E-state index contributed by atoms with van der Waals surface area (Å²) in [7, 11) is 3.13. The standard InChI is InChI=1S/C22H28ClN5O3/c1-5-7-13(6-2)8-14-11-28(12-15-9-16(30-3)17(31-4)10-25-15)21-18(19(14)29)20(23)26-22(24)27-21/h8-10,13H,5-7,11-12H2,1-4H3,(H2,24,26,27)/b14-8+. The second-order valence-electron chi connectivity index (χ2n) is 7.44. The van der Waals surface area contributed by atoms with E-state index in [1.54, 1.807) is 26.5 Å². The third-order valence-corrected chi connectivity index (χ3v) is 5.62. The lowest BCUT2D eigenvalue weighted by Gasteiger charge is -2.31. The lowest BCUT2D eigenvalue weighted by molar-refractivity contribution is 0.102. The summed E-state index contributed by atoms with van der Waals surface area (Å²) in [6, 6.07) is 1.80. The van der Waals surface area contributed by atoms with Crippen LogP contribution in [0.1, 0.15) is 49.2 Å². The van der Waals surface area contributed by atoms with Crippen LogP contribution < -0.4 is 20.1 Å². The van der Waals surface area contributed by atoms with E-state index in [1.165, 1.54) is 0 Å². The van der Waals surface area contributed by atoms with Crippen LogP contribution >= 0.6 is 11.6 Å². The molecule has 166 valence electrons. The van der Waals surface area contributed by atoms with Crippen molar-refractivity contribution in [2.75, 3.05) is 31.4 Å². The Balaban J connectivity index is 2.04. The van der Waals surface area contributed by atoms with Crippen LogP contribution in [0, 0.1) is 5.92 Å². The number of aromatic nitrogens is 3. The molecular formula is C22H28ClN5O3. The Hall–Kier alpha value is -2.87. The molecule has 0 radical (unpaired) electrons. The molecule has 0 aliphatic carbocycles. The molecule has 2 aromatic rings. The summed E-state index contributed by atoms with van der Waals surface area (Å²) in [4.78, 5) is 28.0. The predicted octanol–water partition coefficient (Wildman–Crippen LogP) is 4.08. The number of ether oxygens (including phenoxy) is 2. The Morgan fingerprint density at radius 2 is 2.00 bits per heavy atom. The molecule has 8 nitrogen and oxygen atoms in total. The number of hydrogen-bond donors (Lipinski definition) is 1. The van der Waals surface area contributed by atoms with E-state index >= 15 is 0 Å². The van der Waals surface area contributed by atoms with E-state index in [0.717, 1.165) is 25.0 Å². The summed E-state index contributed by atoms with van der Waals surface area (Å²) in [5, 5.41) is 0.0620. The van der Waals surface area contributed by atoms with E-state index in [0.29, 0.717) is 41.9 Å². The number of carbonyl (C=O) groups is 1. The molecule has 0 saturated carbocycles. The average molecular weight is 446 g/mol. The lowest BCUT2D eigenvalue weighted by Crippen LogP contribution is -2.36. The van der Waals surface area contributed by atoms with Gasteiger partial charge in [0.25, 0.3) is 0 Å². The number of fused-ring (bicyclic) bond motifs is 1. The van der Waals surface area contributed by atoms with Gasteiger partial charge < -0.3 is 20.1 Å². The molecular weight excluding hydrogens is 418 g/mol. The van der Waals surface area contributed by atoms with Gasteiger partial charge >= 0.3 is 0 Å². The number of halogens is 1. The fraction of sp³-hybridized carbons (Fsp3) is 0.455. The van der Waals surface area contributed by atoms with Gasteiger partial charge in [0.15, 0.2) is 17.3 Å². The maximum absolute atomic E-state index is 13.2. The number of pyridine rings is 1. The van der Waals surface area contributed by atoms with E-state index in [2.05, 4.69) is 34.9 Å². The zero-order chi connectivity index (χ0) is 22.5. The number of allylic oxidation sites excluding steroid dienone is 1. The first-order chi connectivity index (χ1) is 14.9. The number of anilines is 2. The van der Waals surface area contributed by atoms with Crippen molar-refractivity contribution in [3.63, 3.8) is 0 Å². The highest BCUT2D eigenvalue weighted by Crippen LogP contribution is 2.35. The SMILES string of the molecule is CCCC(/C=C1\CN(Cc2cc(OC)c(OC)cn2)c2nc(N)nc(Cl)c2C1=O)CC. The van der Waals surface area contributed by atoms with Crippen LogP contribution in [-0.4, -0.2) is 41.5 Å². The third kappa shape index (κ3) is 4.90. The number of nitrogens with zero attached hydrogens (tertiary/aromatic N) is 4. The van der Waals surface area contributed by atoms with Gasteiger partial charge in [0.2, 0.25) is 5.95 Å². The summed E-state index contributed by atoms with van der Waals surface area (Å²) in [6.07, 6.45) is 6.70. The molecule has 1 unspecified atom stereocenters. The number of ketones is 1. The van der Waals surface area contributed by atoms with Crippen molar-refractivity contribution in [1.29, 1.82) is 0 Å². The Labute approximate surface area is 187 Å². The fourth-order valence-electron chi connectivity index (χ4n) is 3.75. The van der Waals surface area contributed by atoms with Gasteiger partial charge in [-0.2, -0.15) is 4.98 Å². The smallest absolute Gasteiger partial charge is 0.223 e. The summed E-state index contributed by atoms with van der Waals surface area (Å²) in [6.45, 7) is 5.03. The number of carbonyl (C=O) groups excluding carboxylic acids is 1. The van der Waals surface area contributed by atoms with Crippen molar-refractivity contribution in [3.8, 4) is 11.5 Å². The van der Waals surface area contributed by atoms with Crippen molar-refractivity contribution in [2.45, 2.75) is 39.7 Å². The third-order valence-electron chi connectivity index (χ3n) is 5.34. The van der Waals surface area contributed by atoms with Crippen LogP contribution in [0.3, 0.4) is 0 Å². The second kappa shape index (κ2) is 9.96. The second-order valence-corrected chi connectivity index (χ2v) is 7.79. The highest BCUT2D eigenvalue weighted by molar-refractivity contribution is 6.35. The zero-order valence-electron chi connectivity index (χ0n) is 18.3. The molecule has 0 amide bonds. The van der Waals surface area contributed by atoms with Crippen molar-refractivity contribution in [1.82, 2.24) is 15.0 Å². The van der Waals surface area contributed by atoms with E-state index in [-0.39, 0.29) is 22.4 Å². The number of Topliss-reactive ketones (excluding diaryl/α,β-unsaturated/α-hetero) is 1. The lowest BCUT2D eigenvalue weighted by atomic mass is 9.92. The Morgan fingerprint density at radius 1 is 1.26 bits per heavy atom. The molecule has 1 aliphatic rings. The molecule has 3 heterocycles. The molecule has 1 atom stereocenters. The summed E-state index contributed by atoms with van der Waals surface area (Å²) >= 11 is 6.34. The molecule has 0 saturated heterocycles. The molecule has 1 aliphatic heterocycles. The summed E-state index contributed by atoms with van der Waals surface area (Å²) in [5.74, 6) is 1.73. The van der Waals surface area contributed by atoms with E-state index < -0.39 is 0 Å². The molecule has 2 N–H and O–H groups in total. The predicted molar refractivity (Wildman–Crippen MR) is 121 cm³/mol. The average Bonchev–Trinajstić information content (AvgIpc) is 2.75. The first-order valence-corrected chi connectivity index (χ1v) is 10.7. The molecule has 9 heteroatoms. The van der Waals surface area contributed by atoms with E-state index in [9.17, 15) is 4.79 Å². The first kappa shape index (κ1) is 22.8. The highest BCUT2D eigenvalue weighted by atomic mass is 35.5. The molecule has 0 fully saturated rings. The Bertz CT molecular complexity index is 995. The molecule has 31 heavy (non-hydrogen) atoms. The number of methoxy groups -OCH3 is 2. The number of nitrogens with two attached hydrogens (primary N) is 1. The van der Waals surface area contributed by atoms with Crippen LogP contribution in [0.4, 0.5) is 11.8 Å². The normalized spacial score (nSPS) is 15.7. The molecule has 0 aromatic carbocycles. The van der Waals surface area contributed by atoms with Crippen LogP contribution in [0.2, 0.25) is 5.15 Å². The van der Waals surface area contributed by atoms with Crippen molar-refractivity contribution < 1.29 is 14.3 Å². The van der Waals surface area contributed by atoms with Gasteiger partial charge in [0, 0.05) is 18.2 Å². The Morgan fingerprint density at radius 3 is 2.65 bits per heavy atom. The monoisotopic (exact) mass is 445 g/mol. The number of rotatable bonds is 8. The van der Waals surface area contributed by atoms with Crippen molar-refractivity contribution in [3.05, 3.63) is 40.3 Å². The quantitative estimate of drug-likeness (QED) is 0.478. The van der Waals surface area contributed by atoms with Gasteiger partial charge in [-0.05, 0) is 18.8 Å². The minimum atomic E-state index is -0.147. The van der Waals surface area contributed by atoms with Gasteiger partial charge in [0.1, 0.15) is 16.5 Å². The van der Waals surface area contributed by atoms with E-state index in [1.807, 2.05) is 4.90 Å². The topological polar surface area (TPSA) is 103 Å². The first-order valence-electron chi connectivity index (χ1n) is 10.3. The maximum atomic E-state index is 13.2. The fourth-order valence-corrected chi connectivity index (χ4v) is 4.01. The molecule has 0 bridgehead atoms. The summed E-state index contributed by atoms with van der Waals surface area (Å²) in [5.41, 5.74) is 7.52. The minimum Gasteiger partial charge on any atom is -0.493 e. The van der Waals surface area contributed by atoms with Crippen molar-refractivity contribution >= 4 is 29.2 Å². The number of nitrogen functional groups attached to an aromatic ring is 1. The van der Waals surface area contributed by atoms with Crippen LogP contribution in [0.15, 0.2) is 23.9 Å². The minimum absolute atomic E-state index is 0.0201. The van der Waals surface area contributed by atoms with Gasteiger partial charge in [-0.3, -0.25) is 9.78 Å². The van der Waals surface area contributed by atoms with Crippen molar-refractivity contribution in [2.24, 2.45) is 5.92 Å².